The third-order valence-electron chi connectivity index (χ3n) is 8.23. The van der Waals surface area contributed by atoms with E-state index in [0.717, 1.165) is 11.3 Å². The molecule has 3 aliphatic rings. The van der Waals surface area contributed by atoms with Crippen molar-refractivity contribution in [1.82, 2.24) is 25.3 Å². The molecule has 0 aliphatic carbocycles. The van der Waals surface area contributed by atoms with E-state index in [4.69, 9.17) is 14.2 Å². The Balaban J connectivity index is 0.000000304. The molecule has 0 saturated carbocycles. The first-order valence-electron chi connectivity index (χ1n) is 17.2. The number of benzene rings is 1. The van der Waals surface area contributed by atoms with Crippen molar-refractivity contribution in [2.24, 2.45) is 11.8 Å². The molecule has 3 heterocycles. The second-order valence-electron chi connectivity index (χ2n) is 14.7. The van der Waals surface area contributed by atoms with Crippen molar-refractivity contribution in [1.29, 1.82) is 0 Å². The molecule has 0 bridgehead atoms. The monoisotopic (exact) mass is 751 g/mol. The molecule has 1 aromatic rings. The molecule has 17 heteroatoms. The molecule has 4 rings (SSSR count). The van der Waals surface area contributed by atoms with Gasteiger partial charge in [0.2, 0.25) is 5.91 Å². The first-order chi connectivity index (χ1) is 24.4. The van der Waals surface area contributed by atoms with Gasteiger partial charge in [0.1, 0.15) is 17.8 Å². The van der Waals surface area contributed by atoms with Crippen molar-refractivity contribution in [2.45, 2.75) is 84.3 Å². The van der Waals surface area contributed by atoms with Gasteiger partial charge in [-0.1, -0.05) is 30.3 Å². The maximum atomic E-state index is 13.2. The van der Waals surface area contributed by atoms with E-state index in [9.17, 15) is 33.9 Å². The molecule has 52 heavy (non-hydrogen) atoms. The minimum absolute atomic E-state index is 0.0150. The highest BCUT2D eigenvalue weighted by molar-refractivity contribution is 7.99. The van der Waals surface area contributed by atoms with Crippen LogP contribution in [0.2, 0.25) is 0 Å². The summed E-state index contributed by atoms with van der Waals surface area (Å²) in [6, 6.07) is 8.44. The van der Waals surface area contributed by atoms with Gasteiger partial charge in [-0.3, -0.25) is 9.59 Å². The first-order valence-corrected chi connectivity index (χ1v) is 18.4. The Morgan fingerprint density at radius 2 is 1.29 bits per heavy atom. The van der Waals surface area contributed by atoms with Gasteiger partial charge in [0.05, 0.1) is 24.8 Å². The number of carboxylic acids is 1. The van der Waals surface area contributed by atoms with E-state index >= 15 is 0 Å². The molecule has 1 aromatic carbocycles. The maximum absolute atomic E-state index is 13.2. The fourth-order valence-electron chi connectivity index (χ4n) is 5.68. The van der Waals surface area contributed by atoms with Crippen LogP contribution in [-0.2, 0) is 35.1 Å². The molecule has 0 unspecified atom stereocenters. The first kappa shape index (κ1) is 42.0. The van der Waals surface area contributed by atoms with Crippen molar-refractivity contribution < 1.29 is 52.8 Å². The zero-order valence-corrected chi connectivity index (χ0v) is 31.9. The number of methoxy groups -OCH3 is 1. The van der Waals surface area contributed by atoms with E-state index in [0.29, 0.717) is 38.4 Å². The van der Waals surface area contributed by atoms with Gasteiger partial charge in [0.15, 0.2) is 0 Å². The highest BCUT2D eigenvalue weighted by atomic mass is 32.2. The fraction of sp³-hybridized carbons (Fsp3) is 0.657. The number of carboxylic acid groups (broad SMARTS) is 1. The molecule has 0 spiro atoms. The molecule has 5 amide bonds. The van der Waals surface area contributed by atoms with Crippen LogP contribution < -0.4 is 10.6 Å². The Morgan fingerprint density at radius 1 is 0.769 bits per heavy atom. The van der Waals surface area contributed by atoms with E-state index in [1.807, 2.05) is 51.1 Å². The third kappa shape index (κ3) is 13.6. The zero-order chi connectivity index (χ0) is 38.6. The average Bonchev–Trinajstić information content (AvgIpc) is 3.62. The summed E-state index contributed by atoms with van der Waals surface area (Å²) >= 11 is 1.70. The van der Waals surface area contributed by atoms with Crippen LogP contribution in [0.4, 0.5) is 19.2 Å². The standard InChI is InChI=1S/C22H31N3O5S.C13H22N2O6/c1-22(2,3)30-21(28)24-10-9-18(17(13-24)19(26)25-11-12-31-15-25)23-20(27)29-14-16-7-5-4-6-8-16;1-13(2,3)21-12(19)15-6-5-9(14-11(18)20-4)8(7-15)10(16)17/h4-8,17-18H,9-15H2,1-3H3,(H,23,27);8-9H,5-7H2,1-4H3,(H,14,18)(H,16,17)/t17-,18+;8-,9+/m11/s1. The van der Waals surface area contributed by atoms with E-state index in [1.54, 1.807) is 42.3 Å². The van der Waals surface area contributed by atoms with Gasteiger partial charge >= 0.3 is 30.3 Å². The zero-order valence-electron chi connectivity index (χ0n) is 31.0. The van der Waals surface area contributed by atoms with Crippen molar-refractivity contribution in [3.8, 4) is 0 Å². The van der Waals surface area contributed by atoms with Crippen LogP contribution in [0.1, 0.15) is 59.9 Å². The lowest BCUT2D eigenvalue weighted by molar-refractivity contribution is -0.144. The molecule has 3 aliphatic heterocycles. The Hall–Kier alpha value is -4.41. The summed E-state index contributed by atoms with van der Waals surface area (Å²) in [7, 11) is 1.21. The van der Waals surface area contributed by atoms with E-state index in [-0.39, 0.29) is 25.6 Å². The van der Waals surface area contributed by atoms with Crippen LogP contribution in [0.15, 0.2) is 30.3 Å². The predicted octanol–water partition coefficient (Wildman–Crippen LogP) is 4.12. The number of ether oxygens (including phenoxy) is 4. The van der Waals surface area contributed by atoms with Crippen molar-refractivity contribution in [3.63, 3.8) is 0 Å². The summed E-state index contributed by atoms with van der Waals surface area (Å²) in [5, 5.41) is 14.6. The summed E-state index contributed by atoms with van der Waals surface area (Å²) in [5.41, 5.74) is -0.366. The molecule has 290 valence electrons. The van der Waals surface area contributed by atoms with Gasteiger partial charge in [-0.05, 0) is 59.9 Å². The van der Waals surface area contributed by atoms with Crippen LogP contribution in [-0.4, -0.2) is 131 Å². The summed E-state index contributed by atoms with van der Waals surface area (Å²) in [6.45, 7) is 12.4. The second kappa shape index (κ2) is 18.9. The Bertz CT molecular complexity index is 1400. The highest BCUT2D eigenvalue weighted by Gasteiger charge is 2.41. The average molecular weight is 752 g/mol. The third-order valence-corrected chi connectivity index (χ3v) is 9.20. The lowest BCUT2D eigenvalue weighted by Crippen LogP contribution is -2.57. The van der Waals surface area contributed by atoms with Gasteiger partial charge in [0.25, 0.3) is 0 Å². The highest BCUT2D eigenvalue weighted by Crippen LogP contribution is 2.25. The number of aliphatic carboxylic acids is 1. The van der Waals surface area contributed by atoms with Crippen molar-refractivity contribution in [2.75, 3.05) is 51.5 Å². The topological polar surface area (TPSA) is 193 Å². The normalized spacial score (nSPS) is 21.9. The Kier molecular flexibility index (Phi) is 15.3. The Morgan fingerprint density at radius 3 is 1.77 bits per heavy atom. The van der Waals surface area contributed by atoms with Crippen LogP contribution in [0, 0.1) is 11.8 Å². The summed E-state index contributed by atoms with van der Waals surface area (Å²) < 4.78 is 20.5. The molecule has 4 atom stereocenters. The molecule has 3 N–H and O–H groups in total. The number of nitrogens with zero attached hydrogens (tertiary/aromatic N) is 3. The van der Waals surface area contributed by atoms with Crippen LogP contribution in [0.5, 0.6) is 0 Å². The molecular formula is C35H53N5O11S. The van der Waals surface area contributed by atoms with E-state index in [2.05, 4.69) is 15.4 Å². The van der Waals surface area contributed by atoms with Gasteiger partial charge in [0, 0.05) is 50.6 Å². The molecule has 0 radical (unpaired) electrons. The van der Waals surface area contributed by atoms with E-state index in [1.165, 1.54) is 12.0 Å². The van der Waals surface area contributed by atoms with Gasteiger partial charge in [-0.15, -0.1) is 11.8 Å². The number of nitrogens with one attached hydrogen (secondary N) is 2. The number of hydrogen-bond acceptors (Lipinski definition) is 11. The second-order valence-corrected chi connectivity index (χ2v) is 15.7. The van der Waals surface area contributed by atoms with Crippen molar-refractivity contribution >= 4 is 48.0 Å². The van der Waals surface area contributed by atoms with Gasteiger partial charge < -0.3 is 49.4 Å². The number of carbonyl (C=O) groups excluding carboxylic acids is 5. The SMILES string of the molecule is CC(C)(C)OC(=O)N1CC[C@H](NC(=O)OCc2ccccc2)[C@H](C(=O)N2CCSC2)C1.COC(=O)N[C@H]1CCN(C(=O)OC(C)(C)C)C[C@H]1C(=O)O. The lowest BCUT2D eigenvalue weighted by atomic mass is 9.91. The number of piperidine rings is 2. The maximum Gasteiger partial charge on any atom is 0.410 e. The van der Waals surface area contributed by atoms with E-state index < -0.39 is 65.5 Å². The van der Waals surface area contributed by atoms with Crippen LogP contribution in [0.25, 0.3) is 0 Å². The predicted molar refractivity (Wildman–Crippen MR) is 191 cm³/mol. The van der Waals surface area contributed by atoms with Crippen LogP contribution >= 0.6 is 11.8 Å². The summed E-state index contributed by atoms with van der Waals surface area (Å²) in [5.74, 6) is -1.04. The fourth-order valence-corrected chi connectivity index (χ4v) is 6.64. The number of amides is 5. The molecule has 3 fully saturated rings. The lowest BCUT2D eigenvalue weighted by Gasteiger charge is -2.39. The summed E-state index contributed by atoms with van der Waals surface area (Å²) in [4.78, 5) is 77.3. The van der Waals surface area contributed by atoms with Gasteiger partial charge in [-0.2, -0.15) is 0 Å². The smallest absolute Gasteiger partial charge is 0.410 e. The minimum Gasteiger partial charge on any atom is -0.481 e. The molecular weight excluding hydrogens is 698 g/mol. The molecule has 0 aromatic heterocycles. The summed E-state index contributed by atoms with van der Waals surface area (Å²) in [6.07, 6.45) is -1.45. The number of hydrogen-bond donors (Lipinski definition) is 3. The molecule has 16 nitrogen and oxygen atoms in total. The Labute approximate surface area is 309 Å². The van der Waals surface area contributed by atoms with Crippen LogP contribution in [0.3, 0.4) is 0 Å². The number of alkyl carbamates (subject to hydrolysis) is 2. The molecule has 3 saturated heterocycles. The number of likely N-dealkylation sites (tertiary alicyclic amines) is 2. The van der Waals surface area contributed by atoms with Crippen molar-refractivity contribution in [3.05, 3.63) is 35.9 Å². The quantitative estimate of drug-likeness (QED) is 0.353. The van der Waals surface area contributed by atoms with Gasteiger partial charge in [-0.25, -0.2) is 19.2 Å². The minimum atomic E-state index is -1.08. The number of rotatable bonds is 6. The largest absolute Gasteiger partial charge is 0.481 e. The number of thioether (sulfide) groups is 1. The number of carbonyl (C=O) groups is 6.